The Balaban J connectivity index is 1.97. The summed E-state index contributed by atoms with van der Waals surface area (Å²) in [6.45, 7) is 7.23. The van der Waals surface area contributed by atoms with Crippen LogP contribution in [0.3, 0.4) is 0 Å². The van der Waals surface area contributed by atoms with Crippen molar-refractivity contribution in [3.05, 3.63) is 64.7 Å². The topological polar surface area (TPSA) is 66.5 Å². The molecule has 0 saturated heterocycles. The van der Waals surface area contributed by atoms with Crippen molar-refractivity contribution >= 4 is 15.9 Å². The second kappa shape index (κ2) is 9.34. The third-order valence-electron chi connectivity index (χ3n) is 4.76. The Labute approximate surface area is 168 Å². The van der Waals surface area contributed by atoms with E-state index in [4.69, 9.17) is 0 Å². The van der Waals surface area contributed by atoms with Crippen LogP contribution in [0.25, 0.3) is 0 Å². The zero-order valence-corrected chi connectivity index (χ0v) is 18.1. The molecule has 0 unspecified atom stereocenters. The van der Waals surface area contributed by atoms with E-state index in [9.17, 15) is 13.2 Å². The number of nitrogens with zero attached hydrogens (tertiary/aromatic N) is 1. The van der Waals surface area contributed by atoms with E-state index in [0.29, 0.717) is 11.1 Å². The Bertz CT molecular complexity index is 901. The fourth-order valence-corrected chi connectivity index (χ4v) is 4.97. The van der Waals surface area contributed by atoms with Gasteiger partial charge >= 0.3 is 0 Å². The molecule has 2 rings (SSSR count). The Morgan fingerprint density at radius 3 is 2.21 bits per heavy atom. The molecule has 2 aromatic rings. The van der Waals surface area contributed by atoms with E-state index in [0.717, 1.165) is 22.7 Å². The Morgan fingerprint density at radius 2 is 1.64 bits per heavy atom. The van der Waals surface area contributed by atoms with Gasteiger partial charge in [0.25, 0.3) is 0 Å². The van der Waals surface area contributed by atoms with E-state index in [1.54, 1.807) is 13.8 Å². The van der Waals surface area contributed by atoms with Crippen LogP contribution in [-0.2, 0) is 21.2 Å². The van der Waals surface area contributed by atoms with Crippen LogP contribution in [0.1, 0.15) is 35.6 Å². The maximum Gasteiger partial charge on any atom is 0.243 e. The molecule has 28 heavy (non-hydrogen) atoms. The molecule has 6 heteroatoms. The summed E-state index contributed by atoms with van der Waals surface area (Å²) < 4.78 is 27.0. The summed E-state index contributed by atoms with van der Waals surface area (Å²) in [5, 5.41) is 2.90. The first-order valence-corrected chi connectivity index (χ1v) is 10.9. The zero-order valence-electron chi connectivity index (χ0n) is 17.3. The van der Waals surface area contributed by atoms with Crippen LogP contribution in [0.5, 0.6) is 0 Å². The van der Waals surface area contributed by atoms with Gasteiger partial charge in [0.1, 0.15) is 0 Å². The molecule has 0 fully saturated rings. The smallest absolute Gasteiger partial charge is 0.243 e. The number of amides is 1. The van der Waals surface area contributed by atoms with Crippen molar-refractivity contribution in [2.75, 3.05) is 13.6 Å². The second-order valence-corrected chi connectivity index (χ2v) is 9.46. The average molecular weight is 403 g/mol. The molecule has 0 saturated carbocycles. The molecule has 1 atom stereocenters. The highest BCUT2D eigenvalue weighted by Gasteiger charge is 2.26. The lowest BCUT2D eigenvalue weighted by Crippen LogP contribution is -2.42. The number of carbonyl (C=O) groups is 1. The van der Waals surface area contributed by atoms with E-state index in [2.05, 4.69) is 17.4 Å². The summed E-state index contributed by atoms with van der Waals surface area (Å²) in [5.74, 6) is -0.297. The Morgan fingerprint density at radius 1 is 1.07 bits per heavy atom. The van der Waals surface area contributed by atoms with Crippen LogP contribution in [0.2, 0.25) is 0 Å². The zero-order chi connectivity index (χ0) is 20.9. The summed E-state index contributed by atoms with van der Waals surface area (Å²) in [5.41, 5.74) is 3.62. The molecule has 0 heterocycles. The van der Waals surface area contributed by atoms with E-state index in [-0.39, 0.29) is 23.4 Å². The summed E-state index contributed by atoms with van der Waals surface area (Å²) in [4.78, 5) is 12.6. The molecule has 0 radical (unpaired) electrons. The van der Waals surface area contributed by atoms with Crippen molar-refractivity contribution in [3.8, 4) is 0 Å². The van der Waals surface area contributed by atoms with Crippen molar-refractivity contribution in [1.29, 1.82) is 0 Å². The summed E-state index contributed by atoms with van der Waals surface area (Å²) in [6.07, 6.45) is 1.65. The molecule has 1 N–H and O–H groups in total. The summed E-state index contributed by atoms with van der Waals surface area (Å²) in [6, 6.07) is 13.7. The number of likely N-dealkylation sites (N-methyl/N-ethyl adjacent to an activating group) is 1. The van der Waals surface area contributed by atoms with Crippen molar-refractivity contribution in [2.24, 2.45) is 0 Å². The highest BCUT2D eigenvalue weighted by molar-refractivity contribution is 7.89. The van der Waals surface area contributed by atoms with E-state index in [1.165, 1.54) is 12.6 Å². The molecule has 5 nitrogen and oxygen atoms in total. The van der Waals surface area contributed by atoms with Gasteiger partial charge in [-0.15, -0.1) is 0 Å². The van der Waals surface area contributed by atoms with E-state index in [1.807, 2.05) is 44.2 Å². The second-order valence-electron chi connectivity index (χ2n) is 7.48. The number of aryl methyl sites for hydroxylation is 4. The highest BCUT2D eigenvalue weighted by Crippen LogP contribution is 2.24. The van der Waals surface area contributed by atoms with Crippen LogP contribution in [0.4, 0.5) is 0 Å². The van der Waals surface area contributed by atoms with Gasteiger partial charge in [-0.05, 0) is 57.2 Å². The minimum atomic E-state index is -3.73. The largest absolute Gasteiger partial charge is 0.352 e. The predicted molar refractivity (Wildman–Crippen MR) is 113 cm³/mol. The van der Waals surface area contributed by atoms with Gasteiger partial charge in [0.15, 0.2) is 0 Å². The fourth-order valence-electron chi connectivity index (χ4n) is 3.44. The van der Waals surface area contributed by atoms with Crippen LogP contribution in [0.15, 0.2) is 47.4 Å². The van der Waals surface area contributed by atoms with Crippen LogP contribution >= 0.6 is 0 Å². The van der Waals surface area contributed by atoms with Crippen molar-refractivity contribution < 1.29 is 13.2 Å². The SMILES string of the molecule is Cc1cc(C)c(S(=O)(=O)N(C)CC(=O)N[C@H](C)CCc2ccccc2)c(C)c1. The van der Waals surface area contributed by atoms with E-state index >= 15 is 0 Å². The molecule has 0 aromatic heterocycles. The number of benzene rings is 2. The third-order valence-corrected chi connectivity index (χ3v) is 6.87. The lowest BCUT2D eigenvalue weighted by molar-refractivity contribution is -0.121. The number of hydrogen-bond donors (Lipinski definition) is 1. The van der Waals surface area contributed by atoms with Gasteiger partial charge in [0.2, 0.25) is 15.9 Å². The van der Waals surface area contributed by atoms with Gasteiger partial charge in [0, 0.05) is 13.1 Å². The van der Waals surface area contributed by atoms with Gasteiger partial charge in [-0.3, -0.25) is 4.79 Å². The van der Waals surface area contributed by atoms with Crippen LogP contribution in [0, 0.1) is 20.8 Å². The Hall–Kier alpha value is -2.18. The first-order valence-electron chi connectivity index (χ1n) is 9.48. The lowest BCUT2D eigenvalue weighted by atomic mass is 10.1. The molecule has 0 aliphatic heterocycles. The number of rotatable bonds is 8. The molecule has 0 spiro atoms. The molecular weight excluding hydrogens is 372 g/mol. The fraction of sp³-hybridized carbons (Fsp3) is 0.409. The number of nitrogens with one attached hydrogen (secondary N) is 1. The molecule has 1 amide bonds. The maximum atomic E-state index is 13.0. The lowest BCUT2D eigenvalue weighted by Gasteiger charge is -2.21. The normalized spacial score (nSPS) is 12.8. The first kappa shape index (κ1) is 22.1. The van der Waals surface area contributed by atoms with Gasteiger partial charge in [-0.25, -0.2) is 8.42 Å². The van der Waals surface area contributed by atoms with E-state index < -0.39 is 10.0 Å². The maximum absolute atomic E-state index is 13.0. The third kappa shape index (κ3) is 5.66. The average Bonchev–Trinajstić information content (AvgIpc) is 2.59. The van der Waals surface area contributed by atoms with Gasteiger partial charge in [-0.1, -0.05) is 48.0 Å². The molecule has 0 aliphatic carbocycles. The summed E-state index contributed by atoms with van der Waals surface area (Å²) >= 11 is 0. The molecule has 2 aromatic carbocycles. The highest BCUT2D eigenvalue weighted by atomic mass is 32.2. The van der Waals surface area contributed by atoms with Crippen molar-refractivity contribution in [3.63, 3.8) is 0 Å². The number of hydrogen-bond acceptors (Lipinski definition) is 3. The number of sulfonamides is 1. The first-order chi connectivity index (χ1) is 13.1. The predicted octanol–water partition coefficient (Wildman–Crippen LogP) is 3.37. The van der Waals surface area contributed by atoms with Gasteiger partial charge in [0.05, 0.1) is 11.4 Å². The van der Waals surface area contributed by atoms with Gasteiger partial charge < -0.3 is 5.32 Å². The minimum Gasteiger partial charge on any atom is -0.352 e. The monoisotopic (exact) mass is 402 g/mol. The van der Waals surface area contributed by atoms with Gasteiger partial charge in [-0.2, -0.15) is 4.31 Å². The quantitative estimate of drug-likeness (QED) is 0.736. The molecule has 152 valence electrons. The summed E-state index contributed by atoms with van der Waals surface area (Å²) in [7, 11) is -2.28. The standard InChI is InChI=1S/C22H30N2O3S/c1-16-13-17(2)22(18(3)14-16)28(26,27)24(5)15-21(25)23-19(4)11-12-20-9-7-6-8-10-20/h6-10,13-14,19H,11-12,15H2,1-5H3,(H,23,25)/t19-/m1/s1. The van der Waals surface area contributed by atoms with Crippen molar-refractivity contribution in [2.45, 2.75) is 51.5 Å². The molecule has 0 aliphatic rings. The molecule has 0 bridgehead atoms. The van der Waals surface area contributed by atoms with Crippen LogP contribution in [-0.4, -0.2) is 38.3 Å². The minimum absolute atomic E-state index is 0.0355. The molecular formula is C22H30N2O3S. The van der Waals surface area contributed by atoms with Crippen LogP contribution < -0.4 is 5.32 Å². The Kier molecular flexibility index (Phi) is 7.38. The number of carbonyl (C=O) groups excluding carboxylic acids is 1. The van der Waals surface area contributed by atoms with Crippen molar-refractivity contribution in [1.82, 2.24) is 9.62 Å².